The highest BCUT2D eigenvalue weighted by Gasteiger charge is 2.17. The van der Waals surface area contributed by atoms with Crippen molar-refractivity contribution in [1.29, 1.82) is 0 Å². The standard InChI is InChI=1S/C12H13N5O.C7H15NO2.C4H8/c1-8-4-14-17-7-10(9-5-13-16(2)6-9)15-12(18-3)11(8)17;1-7(2,3)10-6(9)8(4)5;1-2-4-3-1/h4-7H,1-3H3;1-5H3;1-4H2. The molecule has 0 radical (unpaired) electrons. The number of ether oxygens (including phenoxy) is 2. The normalized spacial score (nSPS) is 12.6. The molecule has 3 aromatic rings. The van der Waals surface area contributed by atoms with Crippen LogP contribution in [-0.2, 0) is 11.8 Å². The fourth-order valence-electron chi connectivity index (χ4n) is 2.56. The van der Waals surface area contributed by atoms with Crippen molar-refractivity contribution in [3.63, 3.8) is 0 Å². The van der Waals surface area contributed by atoms with E-state index >= 15 is 0 Å². The van der Waals surface area contributed by atoms with Gasteiger partial charge in [0.15, 0.2) is 0 Å². The van der Waals surface area contributed by atoms with Crippen molar-refractivity contribution < 1.29 is 14.3 Å². The molecule has 0 unspecified atom stereocenters. The monoisotopic (exact) mass is 444 g/mol. The second-order valence-corrected chi connectivity index (χ2v) is 8.95. The van der Waals surface area contributed by atoms with Crippen LogP contribution in [0.25, 0.3) is 16.8 Å². The first kappa shape index (κ1) is 25.2. The van der Waals surface area contributed by atoms with E-state index in [-0.39, 0.29) is 11.7 Å². The molecule has 0 N–H and O–H groups in total. The van der Waals surface area contributed by atoms with E-state index in [9.17, 15) is 4.79 Å². The molecule has 0 saturated heterocycles. The average Bonchev–Trinajstić information content (AvgIpc) is 3.25. The number of hydrogen-bond donors (Lipinski definition) is 0. The SMILES string of the molecule is C1CCC1.CN(C)C(=O)OC(C)(C)C.COc1nc(-c2cnn(C)c2)cn2ncc(C)c12. The zero-order valence-electron chi connectivity index (χ0n) is 20.5. The van der Waals surface area contributed by atoms with Crippen LogP contribution >= 0.6 is 0 Å². The molecule has 0 aliphatic heterocycles. The number of rotatable bonds is 2. The Morgan fingerprint density at radius 1 is 1.06 bits per heavy atom. The van der Waals surface area contributed by atoms with Crippen molar-refractivity contribution in [2.24, 2.45) is 7.05 Å². The Balaban J connectivity index is 0.000000218. The van der Waals surface area contributed by atoms with Crippen molar-refractivity contribution in [2.45, 2.75) is 59.0 Å². The number of aromatic nitrogens is 5. The summed E-state index contributed by atoms with van der Waals surface area (Å²) >= 11 is 0. The molecule has 0 aromatic carbocycles. The molecule has 0 atom stereocenters. The predicted molar refractivity (Wildman–Crippen MR) is 125 cm³/mol. The highest BCUT2D eigenvalue weighted by atomic mass is 16.6. The Labute approximate surface area is 190 Å². The average molecular weight is 445 g/mol. The minimum absolute atomic E-state index is 0.299. The molecule has 4 rings (SSSR count). The summed E-state index contributed by atoms with van der Waals surface area (Å²) in [5.74, 6) is 0.575. The van der Waals surface area contributed by atoms with Crippen LogP contribution < -0.4 is 4.74 Å². The number of nitrogens with zero attached hydrogens (tertiary/aromatic N) is 6. The summed E-state index contributed by atoms with van der Waals surface area (Å²) in [6, 6.07) is 0. The number of methoxy groups -OCH3 is 1. The van der Waals surface area contributed by atoms with Gasteiger partial charge in [0.2, 0.25) is 5.88 Å². The van der Waals surface area contributed by atoms with Crippen LogP contribution in [0.4, 0.5) is 4.79 Å². The molecule has 0 spiro atoms. The Bertz CT molecular complexity index is 1010. The second-order valence-electron chi connectivity index (χ2n) is 8.95. The Hall–Kier alpha value is -3.10. The van der Waals surface area contributed by atoms with Gasteiger partial charge in [-0.2, -0.15) is 10.2 Å². The van der Waals surface area contributed by atoms with Gasteiger partial charge in [0, 0.05) is 38.5 Å². The molecule has 1 amide bonds. The number of hydrogen-bond acceptors (Lipinski definition) is 6. The Morgan fingerprint density at radius 3 is 2.09 bits per heavy atom. The van der Waals surface area contributed by atoms with E-state index in [1.165, 1.54) is 30.6 Å². The van der Waals surface area contributed by atoms with Gasteiger partial charge in [-0.25, -0.2) is 14.3 Å². The molecule has 9 nitrogen and oxygen atoms in total. The van der Waals surface area contributed by atoms with Crippen LogP contribution in [0.3, 0.4) is 0 Å². The van der Waals surface area contributed by atoms with Gasteiger partial charge in [0.1, 0.15) is 11.1 Å². The predicted octanol–water partition coefficient (Wildman–Crippen LogP) is 4.49. The third-order valence-corrected chi connectivity index (χ3v) is 4.60. The molecule has 3 aromatic heterocycles. The fourth-order valence-corrected chi connectivity index (χ4v) is 2.56. The number of aryl methyl sites for hydroxylation is 2. The summed E-state index contributed by atoms with van der Waals surface area (Å²) < 4.78 is 13.8. The lowest BCUT2D eigenvalue weighted by atomic mass is 10.0. The molecular weight excluding hydrogens is 408 g/mol. The molecule has 1 saturated carbocycles. The first-order valence-corrected chi connectivity index (χ1v) is 10.8. The first-order chi connectivity index (χ1) is 15.0. The molecule has 0 bridgehead atoms. The van der Waals surface area contributed by atoms with Gasteiger partial charge >= 0.3 is 6.09 Å². The molecule has 1 aliphatic rings. The quantitative estimate of drug-likeness (QED) is 0.579. The van der Waals surface area contributed by atoms with E-state index in [1.807, 2.05) is 47.1 Å². The van der Waals surface area contributed by atoms with Crippen molar-refractivity contribution >= 4 is 11.6 Å². The maximum atomic E-state index is 10.9. The highest BCUT2D eigenvalue weighted by molar-refractivity contribution is 5.67. The van der Waals surface area contributed by atoms with Crippen molar-refractivity contribution in [3.05, 3.63) is 30.4 Å². The van der Waals surface area contributed by atoms with Gasteiger partial charge in [-0.3, -0.25) is 4.68 Å². The molecule has 1 fully saturated rings. The van der Waals surface area contributed by atoms with Crippen LogP contribution in [-0.4, -0.2) is 62.2 Å². The molecule has 1 aliphatic carbocycles. The maximum absolute atomic E-state index is 10.9. The van der Waals surface area contributed by atoms with Crippen LogP contribution in [0.1, 0.15) is 52.0 Å². The third kappa shape index (κ3) is 7.25. The van der Waals surface area contributed by atoms with E-state index < -0.39 is 0 Å². The second kappa shape index (κ2) is 11.0. The van der Waals surface area contributed by atoms with Gasteiger partial charge < -0.3 is 14.4 Å². The van der Waals surface area contributed by atoms with Gasteiger partial charge in [-0.05, 0) is 27.7 Å². The molecule has 9 heteroatoms. The fraction of sp³-hybridized carbons (Fsp3) is 0.565. The summed E-state index contributed by atoms with van der Waals surface area (Å²) in [7, 11) is 6.81. The van der Waals surface area contributed by atoms with E-state index in [0.29, 0.717) is 5.88 Å². The van der Waals surface area contributed by atoms with Gasteiger partial charge in [-0.1, -0.05) is 25.7 Å². The molecule has 3 heterocycles. The molecule has 32 heavy (non-hydrogen) atoms. The first-order valence-electron chi connectivity index (χ1n) is 10.8. The largest absolute Gasteiger partial charge is 0.479 e. The summed E-state index contributed by atoms with van der Waals surface area (Å²) in [4.78, 5) is 16.8. The zero-order chi connectivity index (χ0) is 23.9. The minimum atomic E-state index is -0.388. The summed E-state index contributed by atoms with van der Waals surface area (Å²) in [5, 5.41) is 8.43. The smallest absolute Gasteiger partial charge is 0.409 e. The van der Waals surface area contributed by atoms with Crippen LogP contribution in [0.2, 0.25) is 0 Å². The van der Waals surface area contributed by atoms with Gasteiger partial charge in [0.25, 0.3) is 0 Å². The topological polar surface area (TPSA) is 86.8 Å². The van der Waals surface area contributed by atoms with Gasteiger partial charge in [0.05, 0.1) is 31.4 Å². The number of fused-ring (bicyclic) bond motifs is 1. The summed E-state index contributed by atoms with van der Waals surface area (Å²) in [5.41, 5.74) is 3.27. The molecule has 176 valence electrons. The summed E-state index contributed by atoms with van der Waals surface area (Å²) in [6.07, 6.45) is 13.1. The lowest BCUT2D eigenvalue weighted by Crippen LogP contribution is -2.31. The molecular formula is C23H36N6O3. The summed E-state index contributed by atoms with van der Waals surface area (Å²) in [6.45, 7) is 7.51. The van der Waals surface area contributed by atoms with Crippen molar-refractivity contribution in [2.75, 3.05) is 21.2 Å². The van der Waals surface area contributed by atoms with Crippen LogP contribution in [0.15, 0.2) is 24.8 Å². The van der Waals surface area contributed by atoms with E-state index in [1.54, 1.807) is 42.8 Å². The van der Waals surface area contributed by atoms with E-state index in [4.69, 9.17) is 9.47 Å². The Kier molecular flexibility index (Phi) is 8.63. The van der Waals surface area contributed by atoms with Crippen LogP contribution in [0, 0.1) is 6.92 Å². The lowest BCUT2D eigenvalue weighted by Gasteiger charge is -2.22. The third-order valence-electron chi connectivity index (χ3n) is 4.60. The van der Waals surface area contributed by atoms with Crippen molar-refractivity contribution in [3.8, 4) is 17.1 Å². The van der Waals surface area contributed by atoms with Crippen molar-refractivity contribution in [1.82, 2.24) is 29.3 Å². The van der Waals surface area contributed by atoms with Gasteiger partial charge in [-0.15, -0.1) is 0 Å². The van der Waals surface area contributed by atoms with Crippen LogP contribution in [0.5, 0.6) is 5.88 Å². The lowest BCUT2D eigenvalue weighted by molar-refractivity contribution is 0.0341. The van der Waals surface area contributed by atoms with E-state index in [2.05, 4.69) is 15.2 Å². The maximum Gasteiger partial charge on any atom is 0.409 e. The highest BCUT2D eigenvalue weighted by Crippen LogP contribution is 2.25. The van der Waals surface area contributed by atoms with E-state index in [0.717, 1.165) is 22.3 Å². The zero-order valence-corrected chi connectivity index (χ0v) is 20.5. The minimum Gasteiger partial charge on any atom is -0.479 e. The number of amides is 1. The number of carbonyl (C=O) groups excluding carboxylic acids is 1. The Morgan fingerprint density at radius 2 is 1.69 bits per heavy atom. The number of carbonyl (C=O) groups is 1.